The Morgan fingerprint density at radius 2 is 2.14 bits per heavy atom. The Balaban J connectivity index is 2.05. The van der Waals surface area contributed by atoms with Gasteiger partial charge in [-0.15, -0.1) is 0 Å². The molecule has 1 aromatic rings. The zero-order valence-electron chi connectivity index (χ0n) is 12.0. The summed E-state index contributed by atoms with van der Waals surface area (Å²) >= 11 is 0. The van der Waals surface area contributed by atoms with Gasteiger partial charge in [-0.05, 0) is 26.3 Å². The molecule has 9 heteroatoms. The van der Waals surface area contributed by atoms with Crippen LogP contribution in [0.15, 0.2) is 15.4 Å². The SMILES string of the molecule is CNCc1cc(S(=O)(=O)NCC2CCS(=O)(=O)C2)c(C)o1. The molecule has 1 fully saturated rings. The summed E-state index contributed by atoms with van der Waals surface area (Å²) < 4.78 is 55.1. The Labute approximate surface area is 125 Å². The van der Waals surface area contributed by atoms with E-state index in [2.05, 4.69) is 10.0 Å². The molecule has 1 atom stereocenters. The Morgan fingerprint density at radius 1 is 1.43 bits per heavy atom. The standard InChI is InChI=1S/C12H20N2O5S2/c1-9-12(5-11(19-9)7-13-2)21(17,18)14-6-10-3-4-20(15,16)8-10/h5,10,13-14H,3-4,6-8H2,1-2H3. The predicted molar refractivity (Wildman–Crippen MR) is 78.2 cm³/mol. The van der Waals surface area contributed by atoms with Crippen molar-refractivity contribution in [3.8, 4) is 0 Å². The summed E-state index contributed by atoms with van der Waals surface area (Å²) in [7, 11) is -4.94. The van der Waals surface area contributed by atoms with Crippen LogP contribution in [0.5, 0.6) is 0 Å². The van der Waals surface area contributed by atoms with Crippen LogP contribution in [-0.2, 0) is 26.4 Å². The minimum atomic E-state index is -3.68. The molecular formula is C12H20N2O5S2. The zero-order chi connectivity index (χ0) is 15.7. The summed E-state index contributed by atoms with van der Waals surface area (Å²) in [6.07, 6.45) is 0.500. The second-order valence-corrected chi connectivity index (χ2v) is 9.25. The van der Waals surface area contributed by atoms with Crippen molar-refractivity contribution in [1.82, 2.24) is 10.0 Å². The molecule has 1 aromatic heterocycles. The summed E-state index contributed by atoms with van der Waals surface area (Å²) in [5, 5.41) is 2.89. The van der Waals surface area contributed by atoms with E-state index in [0.29, 0.717) is 24.5 Å². The fourth-order valence-corrected chi connectivity index (χ4v) is 5.57. The van der Waals surface area contributed by atoms with Crippen molar-refractivity contribution in [1.29, 1.82) is 0 Å². The monoisotopic (exact) mass is 336 g/mol. The molecule has 1 aliphatic heterocycles. The van der Waals surface area contributed by atoms with Crippen molar-refractivity contribution in [2.45, 2.75) is 24.8 Å². The lowest BCUT2D eigenvalue weighted by molar-refractivity contribution is 0.465. The summed E-state index contributed by atoms with van der Waals surface area (Å²) in [5.41, 5.74) is 0. The molecule has 7 nitrogen and oxygen atoms in total. The first-order valence-electron chi connectivity index (χ1n) is 6.67. The fourth-order valence-electron chi connectivity index (χ4n) is 2.39. The van der Waals surface area contributed by atoms with Gasteiger partial charge in [0.15, 0.2) is 9.84 Å². The number of sulfonamides is 1. The van der Waals surface area contributed by atoms with E-state index >= 15 is 0 Å². The topological polar surface area (TPSA) is 105 Å². The highest BCUT2D eigenvalue weighted by Gasteiger charge is 2.29. The first-order chi connectivity index (χ1) is 9.73. The number of hydrogen-bond donors (Lipinski definition) is 2. The molecule has 0 amide bonds. The molecule has 21 heavy (non-hydrogen) atoms. The molecular weight excluding hydrogens is 316 g/mol. The van der Waals surface area contributed by atoms with Crippen molar-refractivity contribution < 1.29 is 21.3 Å². The third-order valence-corrected chi connectivity index (χ3v) is 6.82. The van der Waals surface area contributed by atoms with Gasteiger partial charge in [-0.3, -0.25) is 0 Å². The molecule has 1 aliphatic rings. The van der Waals surface area contributed by atoms with E-state index in [-0.39, 0.29) is 28.9 Å². The molecule has 2 N–H and O–H groups in total. The molecule has 1 unspecified atom stereocenters. The second-order valence-electron chi connectivity index (χ2n) is 5.28. The quantitative estimate of drug-likeness (QED) is 0.759. The Morgan fingerprint density at radius 3 is 2.71 bits per heavy atom. The molecule has 2 rings (SSSR count). The van der Waals surface area contributed by atoms with Crippen molar-refractivity contribution >= 4 is 19.9 Å². The smallest absolute Gasteiger partial charge is 0.244 e. The van der Waals surface area contributed by atoms with Crippen LogP contribution < -0.4 is 10.0 Å². The largest absolute Gasteiger partial charge is 0.464 e. The number of sulfone groups is 1. The van der Waals surface area contributed by atoms with Gasteiger partial charge in [0.1, 0.15) is 16.4 Å². The van der Waals surface area contributed by atoms with Crippen molar-refractivity contribution in [2.24, 2.45) is 5.92 Å². The summed E-state index contributed by atoms with van der Waals surface area (Å²) in [6.45, 7) is 2.17. The van der Waals surface area contributed by atoms with Crippen LogP contribution >= 0.6 is 0 Å². The van der Waals surface area contributed by atoms with Crippen LogP contribution in [0, 0.1) is 12.8 Å². The molecule has 0 saturated carbocycles. The minimum absolute atomic E-state index is 0.0465. The van der Waals surface area contributed by atoms with Crippen LogP contribution in [0.25, 0.3) is 0 Å². The summed E-state index contributed by atoms with van der Waals surface area (Å²) in [4.78, 5) is 0.105. The summed E-state index contributed by atoms with van der Waals surface area (Å²) in [5.74, 6) is 0.890. The Hall–Kier alpha value is -0.900. The highest BCUT2D eigenvalue weighted by atomic mass is 32.2. The van der Waals surface area contributed by atoms with Gasteiger partial charge in [-0.25, -0.2) is 21.6 Å². The third-order valence-electron chi connectivity index (χ3n) is 3.45. The maximum Gasteiger partial charge on any atom is 0.244 e. The maximum absolute atomic E-state index is 12.2. The van der Waals surface area contributed by atoms with Crippen LogP contribution in [0.1, 0.15) is 17.9 Å². The van der Waals surface area contributed by atoms with Gasteiger partial charge in [-0.2, -0.15) is 0 Å². The van der Waals surface area contributed by atoms with Crippen LogP contribution in [0.4, 0.5) is 0 Å². The van der Waals surface area contributed by atoms with E-state index in [9.17, 15) is 16.8 Å². The van der Waals surface area contributed by atoms with Crippen molar-refractivity contribution in [3.05, 3.63) is 17.6 Å². The van der Waals surface area contributed by atoms with E-state index in [1.54, 1.807) is 14.0 Å². The lowest BCUT2D eigenvalue weighted by Crippen LogP contribution is -2.30. The van der Waals surface area contributed by atoms with E-state index in [1.807, 2.05) is 0 Å². The number of nitrogens with one attached hydrogen (secondary N) is 2. The number of rotatable bonds is 6. The summed E-state index contributed by atoms with van der Waals surface area (Å²) in [6, 6.07) is 1.49. The van der Waals surface area contributed by atoms with Gasteiger partial charge in [0.2, 0.25) is 10.0 Å². The van der Waals surface area contributed by atoms with Gasteiger partial charge in [0.25, 0.3) is 0 Å². The molecule has 0 aromatic carbocycles. The molecule has 0 aliphatic carbocycles. The first kappa shape index (κ1) is 16.5. The van der Waals surface area contributed by atoms with E-state index in [4.69, 9.17) is 4.42 Å². The Kier molecular flexibility index (Phi) is 4.76. The fraction of sp³-hybridized carbons (Fsp3) is 0.667. The maximum atomic E-state index is 12.2. The van der Waals surface area contributed by atoms with E-state index in [0.717, 1.165) is 0 Å². The second kappa shape index (κ2) is 6.07. The molecule has 0 spiro atoms. The highest BCUT2D eigenvalue weighted by Crippen LogP contribution is 2.22. The average Bonchev–Trinajstić information content (AvgIpc) is 2.91. The molecule has 120 valence electrons. The minimum Gasteiger partial charge on any atom is -0.464 e. The van der Waals surface area contributed by atoms with E-state index < -0.39 is 19.9 Å². The number of hydrogen-bond acceptors (Lipinski definition) is 6. The molecule has 2 heterocycles. The van der Waals surface area contributed by atoms with Gasteiger partial charge < -0.3 is 9.73 Å². The predicted octanol–water partition coefficient (Wildman–Crippen LogP) is 0.0204. The Bertz CT molecular complexity index is 706. The number of furan rings is 1. The molecule has 1 saturated heterocycles. The van der Waals surface area contributed by atoms with Gasteiger partial charge >= 0.3 is 0 Å². The average molecular weight is 336 g/mol. The number of aryl methyl sites for hydroxylation is 1. The van der Waals surface area contributed by atoms with Gasteiger partial charge in [0.05, 0.1) is 18.1 Å². The third kappa shape index (κ3) is 4.06. The lowest BCUT2D eigenvalue weighted by Gasteiger charge is -2.09. The van der Waals surface area contributed by atoms with Crippen LogP contribution in [-0.4, -0.2) is 41.9 Å². The van der Waals surface area contributed by atoms with Crippen LogP contribution in [0.2, 0.25) is 0 Å². The first-order valence-corrected chi connectivity index (χ1v) is 9.98. The van der Waals surface area contributed by atoms with Crippen LogP contribution in [0.3, 0.4) is 0 Å². The molecule has 0 bridgehead atoms. The van der Waals surface area contributed by atoms with E-state index in [1.165, 1.54) is 6.07 Å². The van der Waals surface area contributed by atoms with Gasteiger partial charge in [-0.1, -0.05) is 0 Å². The van der Waals surface area contributed by atoms with Gasteiger partial charge in [0, 0.05) is 12.6 Å². The lowest BCUT2D eigenvalue weighted by atomic mass is 10.1. The van der Waals surface area contributed by atoms with Crippen molar-refractivity contribution in [3.63, 3.8) is 0 Å². The normalized spacial score (nSPS) is 21.7. The zero-order valence-corrected chi connectivity index (χ0v) is 13.7. The van der Waals surface area contributed by atoms with Crippen molar-refractivity contribution in [2.75, 3.05) is 25.1 Å². The highest BCUT2D eigenvalue weighted by molar-refractivity contribution is 7.91. The molecule has 0 radical (unpaired) electrons.